The second kappa shape index (κ2) is 12.5. The number of ether oxygens (including phenoxy) is 1. The summed E-state index contributed by atoms with van der Waals surface area (Å²) in [7, 11) is -2.45. The molecule has 0 heterocycles. The molecule has 8 nitrogen and oxygen atoms in total. The van der Waals surface area contributed by atoms with Gasteiger partial charge in [0.15, 0.2) is 0 Å². The number of nitrogens with zero attached hydrogens (tertiary/aromatic N) is 2. The largest absolute Gasteiger partial charge is 0.495 e. The van der Waals surface area contributed by atoms with Gasteiger partial charge in [0.2, 0.25) is 21.8 Å². The van der Waals surface area contributed by atoms with Crippen LogP contribution in [0.3, 0.4) is 0 Å². The van der Waals surface area contributed by atoms with Gasteiger partial charge in [0, 0.05) is 13.1 Å². The Morgan fingerprint density at radius 2 is 1.77 bits per heavy atom. The number of carbonyl (C=O) groups excluding carboxylic acids is 2. The van der Waals surface area contributed by atoms with Crippen molar-refractivity contribution in [2.75, 3.05) is 30.8 Å². The molecular formula is C24H31Cl2N3O5S. The quantitative estimate of drug-likeness (QED) is 0.461. The van der Waals surface area contributed by atoms with Crippen molar-refractivity contribution in [3.63, 3.8) is 0 Å². The normalized spacial score (nSPS) is 12.1. The third-order valence-corrected chi connectivity index (χ3v) is 7.22. The molecule has 2 aromatic carbocycles. The minimum atomic E-state index is -3.88. The van der Waals surface area contributed by atoms with Gasteiger partial charge in [-0.2, -0.15) is 0 Å². The molecule has 0 aliphatic carbocycles. The number of aryl methyl sites for hydroxylation is 1. The number of benzene rings is 2. The number of anilines is 1. The monoisotopic (exact) mass is 543 g/mol. The summed E-state index contributed by atoms with van der Waals surface area (Å²) < 4.78 is 31.9. The molecule has 2 rings (SSSR count). The molecule has 2 amide bonds. The highest BCUT2D eigenvalue weighted by Crippen LogP contribution is 2.31. The highest BCUT2D eigenvalue weighted by Gasteiger charge is 2.32. The number of methoxy groups -OCH3 is 1. The van der Waals surface area contributed by atoms with Crippen LogP contribution in [0.25, 0.3) is 0 Å². The first-order valence-corrected chi connectivity index (χ1v) is 13.7. The van der Waals surface area contributed by atoms with Gasteiger partial charge < -0.3 is 15.0 Å². The van der Waals surface area contributed by atoms with Crippen LogP contribution in [0.15, 0.2) is 36.4 Å². The van der Waals surface area contributed by atoms with Gasteiger partial charge in [-0.3, -0.25) is 13.9 Å². The summed E-state index contributed by atoms with van der Waals surface area (Å²) in [6.45, 7) is 5.28. The molecular weight excluding hydrogens is 513 g/mol. The lowest BCUT2D eigenvalue weighted by Gasteiger charge is -2.33. The Balaban J connectivity index is 2.52. The van der Waals surface area contributed by atoms with E-state index in [4.69, 9.17) is 27.9 Å². The van der Waals surface area contributed by atoms with Gasteiger partial charge in [0.1, 0.15) is 18.3 Å². The van der Waals surface area contributed by atoms with E-state index in [0.717, 1.165) is 16.1 Å². The van der Waals surface area contributed by atoms with Gasteiger partial charge in [-0.05, 0) is 55.7 Å². The third-order valence-electron chi connectivity index (χ3n) is 5.36. The maximum absolute atomic E-state index is 13.7. The molecule has 35 heavy (non-hydrogen) atoms. The fourth-order valence-corrected chi connectivity index (χ4v) is 4.80. The van der Waals surface area contributed by atoms with Gasteiger partial charge in [-0.25, -0.2) is 8.42 Å². The number of rotatable bonds is 11. The second-order valence-electron chi connectivity index (χ2n) is 8.03. The Hall–Kier alpha value is -2.49. The number of carbonyl (C=O) groups is 2. The van der Waals surface area contributed by atoms with Crippen molar-refractivity contribution in [1.82, 2.24) is 10.2 Å². The minimum absolute atomic E-state index is 0.0356. The van der Waals surface area contributed by atoms with Crippen molar-refractivity contribution < 1.29 is 22.7 Å². The van der Waals surface area contributed by atoms with Crippen LogP contribution >= 0.6 is 23.2 Å². The van der Waals surface area contributed by atoms with Crippen LogP contribution in [0, 0.1) is 6.92 Å². The van der Waals surface area contributed by atoms with E-state index in [9.17, 15) is 18.0 Å². The van der Waals surface area contributed by atoms with Crippen LogP contribution in [0.5, 0.6) is 5.75 Å². The summed E-state index contributed by atoms with van der Waals surface area (Å²) in [5.74, 6) is -0.578. The number of likely N-dealkylation sites (N-methyl/N-ethyl adjacent to an activating group) is 1. The van der Waals surface area contributed by atoms with Gasteiger partial charge in [-0.15, -0.1) is 0 Å². The summed E-state index contributed by atoms with van der Waals surface area (Å²) in [5.41, 5.74) is 1.68. The number of hydrogen-bond donors (Lipinski definition) is 1. The predicted molar refractivity (Wildman–Crippen MR) is 140 cm³/mol. The number of amides is 2. The van der Waals surface area contributed by atoms with Crippen LogP contribution in [0.4, 0.5) is 5.69 Å². The average Bonchev–Trinajstić information content (AvgIpc) is 2.79. The summed E-state index contributed by atoms with van der Waals surface area (Å²) in [6.07, 6.45) is 1.35. The van der Waals surface area contributed by atoms with Gasteiger partial charge >= 0.3 is 0 Å². The van der Waals surface area contributed by atoms with Crippen molar-refractivity contribution in [1.29, 1.82) is 0 Å². The molecule has 1 unspecified atom stereocenters. The van der Waals surface area contributed by atoms with E-state index < -0.39 is 28.5 Å². The third kappa shape index (κ3) is 7.49. The first-order valence-electron chi connectivity index (χ1n) is 11.1. The molecule has 0 radical (unpaired) electrons. The van der Waals surface area contributed by atoms with Crippen LogP contribution < -0.4 is 14.4 Å². The fraction of sp³-hybridized carbons (Fsp3) is 0.417. The van der Waals surface area contributed by atoms with E-state index in [0.29, 0.717) is 34.3 Å². The van der Waals surface area contributed by atoms with E-state index in [2.05, 4.69) is 5.32 Å². The van der Waals surface area contributed by atoms with Crippen molar-refractivity contribution in [2.45, 2.75) is 39.8 Å². The number of halogens is 2. The molecule has 192 valence electrons. The van der Waals surface area contributed by atoms with Crippen LogP contribution in [-0.2, 0) is 26.2 Å². The highest BCUT2D eigenvalue weighted by molar-refractivity contribution is 7.92. The first kappa shape index (κ1) is 28.7. The lowest BCUT2D eigenvalue weighted by atomic mass is 10.1. The standard InChI is InChI=1S/C24H31Cl2N3O5S/c1-6-20(24(31)27-7-2)28(14-17-9-10-18(25)19(26)13-17)23(30)15-29(35(5,32)33)21-12-16(3)8-11-22(21)34-4/h8-13,20H,6-7,14-15H2,1-5H3,(H,27,31). The number of sulfonamides is 1. The Bertz CT molecular complexity index is 1170. The molecule has 0 aromatic heterocycles. The minimum Gasteiger partial charge on any atom is -0.495 e. The molecule has 11 heteroatoms. The molecule has 1 N–H and O–H groups in total. The van der Waals surface area contributed by atoms with Crippen molar-refractivity contribution in [3.05, 3.63) is 57.6 Å². The zero-order chi connectivity index (χ0) is 26.3. The molecule has 1 atom stereocenters. The van der Waals surface area contributed by atoms with E-state index in [1.807, 2.05) is 6.92 Å². The predicted octanol–water partition coefficient (Wildman–Crippen LogP) is 4.02. The summed E-state index contributed by atoms with van der Waals surface area (Å²) in [6, 6.07) is 9.17. The van der Waals surface area contributed by atoms with E-state index in [-0.39, 0.29) is 18.1 Å². The SMILES string of the molecule is CCNC(=O)C(CC)N(Cc1ccc(Cl)c(Cl)c1)C(=O)CN(c1cc(C)ccc1OC)S(C)(=O)=O. The average molecular weight is 545 g/mol. The molecule has 0 bridgehead atoms. The Labute approximate surface area is 217 Å². The number of nitrogens with one attached hydrogen (secondary N) is 1. The van der Waals surface area contributed by atoms with Gasteiger partial charge in [-0.1, -0.05) is 42.3 Å². The maximum Gasteiger partial charge on any atom is 0.244 e. The summed E-state index contributed by atoms with van der Waals surface area (Å²) >= 11 is 12.2. The Morgan fingerprint density at radius 3 is 2.31 bits per heavy atom. The van der Waals surface area contributed by atoms with Crippen LogP contribution in [-0.4, -0.2) is 57.6 Å². The summed E-state index contributed by atoms with van der Waals surface area (Å²) in [5, 5.41) is 3.42. The molecule has 0 saturated carbocycles. The van der Waals surface area contributed by atoms with Gasteiger partial charge in [0.05, 0.1) is 29.1 Å². The van der Waals surface area contributed by atoms with E-state index in [1.165, 1.54) is 12.0 Å². The Morgan fingerprint density at radius 1 is 1.09 bits per heavy atom. The van der Waals surface area contributed by atoms with Crippen molar-refractivity contribution >= 4 is 50.7 Å². The van der Waals surface area contributed by atoms with Crippen LogP contribution in [0.1, 0.15) is 31.4 Å². The molecule has 0 aliphatic heterocycles. The molecule has 0 saturated heterocycles. The lowest BCUT2D eigenvalue weighted by molar-refractivity contribution is -0.140. The van der Waals surface area contributed by atoms with Gasteiger partial charge in [0.25, 0.3) is 0 Å². The zero-order valence-electron chi connectivity index (χ0n) is 20.5. The van der Waals surface area contributed by atoms with E-state index >= 15 is 0 Å². The van der Waals surface area contributed by atoms with E-state index in [1.54, 1.807) is 50.2 Å². The fourth-order valence-electron chi connectivity index (χ4n) is 3.64. The highest BCUT2D eigenvalue weighted by atomic mass is 35.5. The molecule has 0 spiro atoms. The van der Waals surface area contributed by atoms with Crippen molar-refractivity contribution in [3.8, 4) is 5.75 Å². The van der Waals surface area contributed by atoms with Crippen molar-refractivity contribution in [2.24, 2.45) is 0 Å². The molecule has 0 aliphatic rings. The molecule has 0 fully saturated rings. The lowest BCUT2D eigenvalue weighted by Crippen LogP contribution is -2.52. The topological polar surface area (TPSA) is 96.0 Å². The smallest absolute Gasteiger partial charge is 0.244 e. The second-order valence-corrected chi connectivity index (χ2v) is 10.8. The molecule has 2 aromatic rings. The summed E-state index contributed by atoms with van der Waals surface area (Å²) in [4.78, 5) is 27.9. The number of hydrogen-bond acceptors (Lipinski definition) is 5. The Kier molecular flexibility index (Phi) is 10.2. The van der Waals surface area contributed by atoms with Crippen LogP contribution in [0.2, 0.25) is 10.0 Å². The first-order chi connectivity index (χ1) is 16.4. The zero-order valence-corrected chi connectivity index (χ0v) is 22.8. The maximum atomic E-state index is 13.7.